The number of hydrogen-bond acceptors (Lipinski definition) is 5. The van der Waals surface area contributed by atoms with Crippen molar-refractivity contribution in [2.24, 2.45) is 0 Å². The molecule has 0 saturated carbocycles. The summed E-state index contributed by atoms with van der Waals surface area (Å²) in [6, 6.07) is 9.67. The van der Waals surface area contributed by atoms with Gasteiger partial charge in [-0.3, -0.25) is 0 Å². The number of nitrogens with one attached hydrogen (secondary N) is 2. The van der Waals surface area contributed by atoms with Gasteiger partial charge in [0.1, 0.15) is 18.0 Å². The van der Waals surface area contributed by atoms with E-state index in [0.29, 0.717) is 0 Å². The quantitative estimate of drug-likeness (QED) is 0.730. The average Bonchev–Trinajstić information content (AvgIpc) is 2.53. The molecule has 0 bridgehead atoms. The highest BCUT2D eigenvalue weighted by Gasteiger charge is 2.13. The average molecular weight is 286 g/mol. The van der Waals surface area contributed by atoms with Crippen molar-refractivity contribution in [1.82, 2.24) is 9.97 Å². The van der Waals surface area contributed by atoms with Gasteiger partial charge in [-0.15, -0.1) is 0 Å². The molecule has 2 aromatic rings. The van der Waals surface area contributed by atoms with Crippen molar-refractivity contribution >= 4 is 11.6 Å². The van der Waals surface area contributed by atoms with Crippen molar-refractivity contribution in [3.8, 4) is 0 Å². The first-order valence-corrected chi connectivity index (χ1v) is 7.24. The molecule has 112 valence electrons. The van der Waals surface area contributed by atoms with Crippen molar-refractivity contribution in [2.45, 2.75) is 26.3 Å². The summed E-state index contributed by atoms with van der Waals surface area (Å²) in [5.74, 6) is 1.57. The second-order valence-electron chi connectivity index (χ2n) is 4.91. The van der Waals surface area contributed by atoms with Crippen LogP contribution in [0.3, 0.4) is 0 Å². The first kappa shape index (κ1) is 15.3. The number of aliphatic hydroxyl groups is 1. The molecular formula is C16H22N4O. The van der Waals surface area contributed by atoms with Crippen molar-refractivity contribution in [2.75, 3.05) is 23.8 Å². The van der Waals surface area contributed by atoms with E-state index >= 15 is 0 Å². The minimum Gasteiger partial charge on any atom is -0.394 e. The molecule has 1 heterocycles. The standard InChI is InChI=1S/C16H22N4O/c1-3-9-17-15-12(2)16(19-11-18-15)20-14(10-21)13-7-5-4-6-8-13/h4-8,11,14,21H,3,9-10H2,1-2H3,(H2,17,18,19,20). The molecule has 5 nitrogen and oxygen atoms in total. The van der Waals surface area contributed by atoms with E-state index in [1.54, 1.807) is 0 Å². The summed E-state index contributed by atoms with van der Waals surface area (Å²) in [5.41, 5.74) is 1.99. The van der Waals surface area contributed by atoms with Crippen LogP contribution in [-0.2, 0) is 0 Å². The van der Waals surface area contributed by atoms with Gasteiger partial charge in [-0.1, -0.05) is 37.3 Å². The van der Waals surface area contributed by atoms with E-state index in [0.717, 1.165) is 35.7 Å². The van der Waals surface area contributed by atoms with Crippen LogP contribution in [0.15, 0.2) is 36.7 Å². The van der Waals surface area contributed by atoms with Crippen LogP contribution in [-0.4, -0.2) is 28.2 Å². The van der Waals surface area contributed by atoms with Gasteiger partial charge in [-0.05, 0) is 18.9 Å². The summed E-state index contributed by atoms with van der Waals surface area (Å²) in [4.78, 5) is 8.54. The normalized spacial score (nSPS) is 12.0. The van der Waals surface area contributed by atoms with E-state index in [1.807, 2.05) is 37.3 Å². The Morgan fingerprint density at radius 2 is 1.86 bits per heavy atom. The summed E-state index contributed by atoms with van der Waals surface area (Å²) in [6.45, 7) is 4.96. The predicted molar refractivity (Wildman–Crippen MR) is 85.4 cm³/mol. The number of hydrogen-bond donors (Lipinski definition) is 3. The Bertz CT molecular complexity index is 559. The fourth-order valence-electron chi connectivity index (χ4n) is 2.10. The second kappa shape index (κ2) is 7.59. The van der Waals surface area contributed by atoms with Crippen LogP contribution in [0.25, 0.3) is 0 Å². The molecule has 2 rings (SSSR count). The van der Waals surface area contributed by atoms with Crippen molar-refractivity contribution < 1.29 is 5.11 Å². The minimum absolute atomic E-state index is 0.00514. The number of anilines is 2. The van der Waals surface area contributed by atoms with Gasteiger partial charge >= 0.3 is 0 Å². The third-order valence-corrected chi connectivity index (χ3v) is 3.32. The second-order valence-corrected chi connectivity index (χ2v) is 4.91. The van der Waals surface area contributed by atoms with E-state index in [4.69, 9.17) is 0 Å². The molecule has 0 amide bonds. The lowest BCUT2D eigenvalue weighted by atomic mass is 10.1. The summed E-state index contributed by atoms with van der Waals surface area (Å²) >= 11 is 0. The van der Waals surface area contributed by atoms with Gasteiger partial charge in [0.25, 0.3) is 0 Å². The Morgan fingerprint density at radius 1 is 1.14 bits per heavy atom. The maximum atomic E-state index is 9.62. The molecule has 1 atom stereocenters. The molecule has 1 aromatic heterocycles. The van der Waals surface area contributed by atoms with Gasteiger partial charge in [0.15, 0.2) is 0 Å². The summed E-state index contributed by atoms with van der Waals surface area (Å²) < 4.78 is 0. The largest absolute Gasteiger partial charge is 0.394 e. The summed E-state index contributed by atoms with van der Waals surface area (Å²) in [7, 11) is 0. The van der Waals surface area contributed by atoms with E-state index in [2.05, 4.69) is 27.5 Å². The van der Waals surface area contributed by atoms with Crippen molar-refractivity contribution in [1.29, 1.82) is 0 Å². The van der Waals surface area contributed by atoms with Gasteiger partial charge in [-0.2, -0.15) is 0 Å². The molecule has 3 N–H and O–H groups in total. The van der Waals surface area contributed by atoms with Crippen LogP contribution in [0, 0.1) is 6.92 Å². The number of rotatable bonds is 7. The fraction of sp³-hybridized carbons (Fsp3) is 0.375. The Morgan fingerprint density at radius 3 is 2.52 bits per heavy atom. The zero-order chi connectivity index (χ0) is 15.1. The number of benzene rings is 1. The zero-order valence-corrected chi connectivity index (χ0v) is 12.5. The molecule has 0 aliphatic rings. The number of aromatic nitrogens is 2. The number of nitrogens with zero attached hydrogens (tertiary/aromatic N) is 2. The highest BCUT2D eigenvalue weighted by atomic mass is 16.3. The molecule has 0 radical (unpaired) electrons. The molecule has 5 heteroatoms. The topological polar surface area (TPSA) is 70.1 Å². The maximum absolute atomic E-state index is 9.62. The molecule has 1 aromatic carbocycles. The van der Waals surface area contributed by atoms with Crippen LogP contribution in [0.1, 0.15) is 30.5 Å². The van der Waals surface area contributed by atoms with Gasteiger partial charge in [-0.25, -0.2) is 9.97 Å². The van der Waals surface area contributed by atoms with E-state index in [1.165, 1.54) is 6.33 Å². The fourth-order valence-corrected chi connectivity index (χ4v) is 2.10. The van der Waals surface area contributed by atoms with Crippen LogP contribution in [0.5, 0.6) is 0 Å². The predicted octanol–water partition coefficient (Wildman–Crippen LogP) is 2.75. The van der Waals surface area contributed by atoms with E-state index in [-0.39, 0.29) is 12.6 Å². The molecule has 0 spiro atoms. The lowest BCUT2D eigenvalue weighted by Crippen LogP contribution is -2.17. The molecule has 0 aliphatic heterocycles. The van der Waals surface area contributed by atoms with Gasteiger partial charge < -0.3 is 15.7 Å². The summed E-state index contributed by atoms with van der Waals surface area (Å²) in [6.07, 6.45) is 2.57. The smallest absolute Gasteiger partial charge is 0.134 e. The van der Waals surface area contributed by atoms with Crippen LogP contribution in [0.2, 0.25) is 0 Å². The third kappa shape index (κ3) is 3.92. The Labute approximate surface area is 125 Å². The highest BCUT2D eigenvalue weighted by Crippen LogP contribution is 2.23. The third-order valence-electron chi connectivity index (χ3n) is 3.32. The first-order valence-electron chi connectivity index (χ1n) is 7.24. The van der Waals surface area contributed by atoms with Crippen molar-refractivity contribution in [3.05, 3.63) is 47.8 Å². The maximum Gasteiger partial charge on any atom is 0.134 e. The lowest BCUT2D eigenvalue weighted by molar-refractivity contribution is 0.276. The SMILES string of the molecule is CCCNc1ncnc(NC(CO)c2ccccc2)c1C. The highest BCUT2D eigenvalue weighted by molar-refractivity contribution is 5.57. The number of aliphatic hydroxyl groups excluding tert-OH is 1. The van der Waals surface area contributed by atoms with Gasteiger partial charge in [0.2, 0.25) is 0 Å². The Kier molecular flexibility index (Phi) is 5.51. The molecular weight excluding hydrogens is 264 g/mol. The molecule has 0 fully saturated rings. The summed E-state index contributed by atoms with van der Waals surface area (Å²) in [5, 5.41) is 16.2. The molecule has 21 heavy (non-hydrogen) atoms. The van der Waals surface area contributed by atoms with Crippen LogP contribution >= 0.6 is 0 Å². The monoisotopic (exact) mass is 286 g/mol. The zero-order valence-electron chi connectivity index (χ0n) is 12.5. The minimum atomic E-state index is -0.182. The Hall–Kier alpha value is -2.14. The Balaban J connectivity index is 2.18. The van der Waals surface area contributed by atoms with Gasteiger partial charge in [0, 0.05) is 12.1 Å². The van der Waals surface area contributed by atoms with Crippen LogP contribution in [0.4, 0.5) is 11.6 Å². The first-order chi connectivity index (χ1) is 10.3. The van der Waals surface area contributed by atoms with Crippen LogP contribution < -0.4 is 10.6 Å². The van der Waals surface area contributed by atoms with Gasteiger partial charge in [0.05, 0.1) is 12.6 Å². The van der Waals surface area contributed by atoms with E-state index in [9.17, 15) is 5.11 Å². The molecule has 1 unspecified atom stereocenters. The lowest BCUT2D eigenvalue weighted by Gasteiger charge is -2.19. The molecule has 0 aliphatic carbocycles. The van der Waals surface area contributed by atoms with E-state index < -0.39 is 0 Å². The molecule has 0 saturated heterocycles. The van der Waals surface area contributed by atoms with Crippen molar-refractivity contribution in [3.63, 3.8) is 0 Å².